The Labute approximate surface area is 883 Å². The van der Waals surface area contributed by atoms with Crippen LogP contribution in [0.5, 0.6) is 46.0 Å². The average Bonchev–Trinajstić information content (AvgIpc) is 0.788. The Morgan fingerprint density at radius 1 is 0.229 bits per heavy atom. The monoisotopic (exact) mass is 1960 g/mol. The molecule has 0 spiro atoms. The number of benzene rings is 14. The van der Waals surface area contributed by atoms with Crippen LogP contribution in [-0.4, -0.2) is 33.0 Å². The minimum absolute atomic E-state index is 0.245. The van der Waals surface area contributed by atoms with Crippen LogP contribution in [0.15, 0.2) is 310 Å². The number of terminal acetylenes is 2. The standard InChI is InChI=1S/C16H12O2.6C13H10O.21C2H6/c1-3-11-17-15-9-10-16(18-12-4-2)14-8-6-5-7-13(14)15;2*1-2-6-12-10(4-1)7-8-11-5-3-9-14-13(11)12;2*1-2-5-11-10(4-1)7-8-13-12(11)6-3-9-14-13;2*1-2-5-11-9-13-12(6-3-7-14-13)8-10(11)4-1;21*1-2/h1-2,5-10H,11-12H2;1-4,6-9H,5H2;1-8H,9H2;1-5,7-9H,6H2;1-8H,9H2;1-5,7-9H,6H2;1-6,8-9H,7H2;21*1-2H3. The highest BCUT2D eigenvalue weighted by molar-refractivity contribution is 5.96. The zero-order valence-corrected chi connectivity index (χ0v) is 98.3. The molecular weight excluding hydrogens is 1760 g/mol. The van der Waals surface area contributed by atoms with Gasteiger partial charge in [0.2, 0.25) is 0 Å². The fourth-order valence-corrected chi connectivity index (χ4v) is 12.9. The molecule has 0 atom stereocenters. The molecule has 6 heterocycles. The molecule has 14 aromatic rings. The molecule has 0 bridgehead atoms. The van der Waals surface area contributed by atoms with E-state index in [1.165, 1.54) is 98.0 Å². The Morgan fingerprint density at radius 2 is 0.542 bits per heavy atom. The highest BCUT2D eigenvalue weighted by atomic mass is 16.5. The fraction of sp³-hybridized carbons (Fsp3) is 0.368. The van der Waals surface area contributed by atoms with Crippen molar-refractivity contribution in [2.75, 3.05) is 33.0 Å². The van der Waals surface area contributed by atoms with Crippen molar-refractivity contribution in [3.8, 4) is 70.7 Å². The van der Waals surface area contributed by atoms with Crippen LogP contribution in [0.3, 0.4) is 0 Å². The van der Waals surface area contributed by atoms with Crippen molar-refractivity contribution < 1.29 is 37.9 Å². The van der Waals surface area contributed by atoms with Gasteiger partial charge in [-0.15, -0.1) is 12.8 Å². The van der Waals surface area contributed by atoms with Crippen LogP contribution in [0.2, 0.25) is 0 Å². The van der Waals surface area contributed by atoms with Gasteiger partial charge in [0, 0.05) is 43.8 Å². The van der Waals surface area contributed by atoms with E-state index in [0.29, 0.717) is 19.8 Å². The van der Waals surface area contributed by atoms with Crippen molar-refractivity contribution in [1.29, 1.82) is 0 Å². The van der Waals surface area contributed by atoms with Crippen molar-refractivity contribution in [2.45, 2.75) is 310 Å². The number of hydrogen-bond acceptors (Lipinski definition) is 8. The van der Waals surface area contributed by atoms with Gasteiger partial charge in [0.25, 0.3) is 0 Å². The third-order valence-electron chi connectivity index (χ3n) is 17.8. The number of ether oxygens (including phenoxy) is 8. The average molecular weight is 1960 g/mol. The molecule has 6 aliphatic heterocycles. The molecule has 6 aliphatic rings. The lowest BCUT2D eigenvalue weighted by Gasteiger charge is -2.14. The van der Waals surface area contributed by atoms with Crippen molar-refractivity contribution in [3.63, 3.8) is 0 Å². The first-order valence-corrected chi connectivity index (χ1v) is 55.1. The predicted octanol–water partition coefficient (Wildman–Crippen LogP) is 44.0. The SMILES string of the molecule is C#CCOc1ccc(OCC#C)c2ccccc12.C1=COc2c(ccc3ccccc23)C1.C1=COc2cc3ccccc3cc2C1.C1=COc2ccc3ccccc3c2C1.C1=Cc2c(ccc3ccccc23)OC1.C1=Cc2cc3ccccc3cc2OC1.C1=Cc2ccc3ccccc3c2OC1.CC.CC.CC.CC.CC.CC.CC.CC.CC.CC.CC.CC.CC.CC.CC.CC.CC.CC.CC.CC.CC. The number of hydrogen-bond donors (Lipinski definition) is 0. The molecule has 0 saturated carbocycles. The Morgan fingerprint density at radius 3 is 1.00 bits per heavy atom. The van der Waals surface area contributed by atoms with Crippen LogP contribution < -0.4 is 37.9 Å². The van der Waals surface area contributed by atoms with E-state index in [-0.39, 0.29) is 13.2 Å². The van der Waals surface area contributed by atoms with E-state index in [1.54, 1.807) is 18.8 Å². The molecule has 8 nitrogen and oxygen atoms in total. The first-order chi connectivity index (χ1) is 71.5. The summed E-state index contributed by atoms with van der Waals surface area (Å²) in [6.45, 7) is 86.5. The molecular formula is C136H198O8. The number of allylic oxidation sites excluding steroid dienone is 3. The van der Waals surface area contributed by atoms with Crippen molar-refractivity contribution in [1.82, 2.24) is 0 Å². The summed E-state index contributed by atoms with van der Waals surface area (Å²) in [5, 5.41) is 16.9. The zero-order valence-electron chi connectivity index (χ0n) is 98.3. The maximum absolute atomic E-state index is 5.65. The largest absolute Gasteiger partial charge is 0.489 e. The van der Waals surface area contributed by atoms with Gasteiger partial charge in [-0.2, -0.15) is 0 Å². The van der Waals surface area contributed by atoms with E-state index < -0.39 is 0 Å². The van der Waals surface area contributed by atoms with Gasteiger partial charge in [0.05, 0.1) is 18.8 Å². The van der Waals surface area contributed by atoms with E-state index in [2.05, 4.69) is 212 Å². The third kappa shape index (κ3) is 51.2. The second kappa shape index (κ2) is 106. The van der Waals surface area contributed by atoms with Crippen LogP contribution in [0, 0.1) is 24.7 Å². The minimum atomic E-state index is 0.245. The Kier molecular flexibility index (Phi) is 107. The maximum atomic E-state index is 5.65. The first kappa shape index (κ1) is 146. The molecule has 790 valence electrons. The van der Waals surface area contributed by atoms with Gasteiger partial charge in [0.1, 0.15) is 79.0 Å². The molecule has 0 radical (unpaired) electrons. The van der Waals surface area contributed by atoms with Gasteiger partial charge in [0.15, 0.2) is 0 Å². The minimum Gasteiger partial charge on any atom is -0.489 e. The molecule has 0 aliphatic carbocycles. The summed E-state index contributed by atoms with van der Waals surface area (Å²) in [4.78, 5) is 0. The van der Waals surface area contributed by atoms with Crippen LogP contribution in [0.25, 0.3) is 93.6 Å². The topological polar surface area (TPSA) is 73.8 Å². The summed E-state index contributed by atoms with van der Waals surface area (Å²) in [5.41, 5.74) is 7.39. The lowest BCUT2D eigenvalue weighted by atomic mass is 10.0. The van der Waals surface area contributed by atoms with Crippen LogP contribution in [0.4, 0.5) is 0 Å². The first-order valence-electron chi connectivity index (χ1n) is 55.1. The summed E-state index contributed by atoms with van der Waals surface area (Å²) in [6.07, 6.45) is 37.2. The third-order valence-corrected chi connectivity index (χ3v) is 17.8. The smallest absolute Gasteiger partial charge is 0.148 e. The number of fused-ring (bicyclic) bond motifs is 17. The second-order valence-corrected chi connectivity index (χ2v) is 24.3. The Hall–Kier alpha value is -13.1. The Bertz CT molecular complexity index is 5430. The highest BCUT2D eigenvalue weighted by Crippen LogP contribution is 2.38. The van der Waals surface area contributed by atoms with Gasteiger partial charge < -0.3 is 37.9 Å². The van der Waals surface area contributed by atoms with Gasteiger partial charge >= 0.3 is 0 Å². The fourth-order valence-electron chi connectivity index (χ4n) is 12.9. The van der Waals surface area contributed by atoms with Crippen LogP contribution >= 0.6 is 0 Å². The predicted molar refractivity (Wildman–Crippen MR) is 659 cm³/mol. The molecule has 8 heteroatoms. The summed E-state index contributed by atoms with van der Waals surface area (Å²) < 4.78 is 44.2. The normalized spacial score (nSPS) is 10.1. The molecule has 0 aromatic heterocycles. The lowest BCUT2D eigenvalue weighted by Crippen LogP contribution is -2.00. The lowest BCUT2D eigenvalue weighted by molar-refractivity contribution is 0.359. The van der Waals surface area contributed by atoms with Gasteiger partial charge in [-0.1, -0.05) is 527 Å². The molecule has 144 heavy (non-hydrogen) atoms. The second-order valence-electron chi connectivity index (χ2n) is 24.3. The van der Waals surface area contributed by atoms with Crippen molar-refractivity contribution in [3.05, 3.63) is 343 Å². The maximum Gasteiger partial charge on any atom is 0.148 e. The van der Waals surface area contributed by atoms with E-state index >= 15 is 0 Å². The van der Waals surface area contributed by atoms with Gasteiger partial charge in [-0.3, -0.25) is 0 Å². The summed E-state index contributed by atoms with van der Waals surface area (Å²) in [6, 6.07) is 87.0. The molecule has 0 saturated heterocycles. The Balaban J connectivity index is -0.000000235. The summed E-state index contributed by atoms with van der Waals surface area (Å²) >= 11 is 0. The van der Waals surface area contributed by atoms with Gasteiger partial charge in [-0.05, 0) is 169 Å². The highest BCUT2D eigenvalue weighted by Gasteiger charge is 2.15. The molecule has 0 unspecified atom stereocenters. The van der Waals surface area contributed by atoms with Crippen molar-refractivity contribution in [2.24, 2.45) is 0 Å². The molecule has 0 fully saturated rings. The summed E-state index contributed by atoms with van der Waals surface area (Å²) in [7, 11) is 0. The van der Waals surface area contributed by atoms with Crippen LogP contribution in [-0.2, 0) is 19.3 Å². The quantitative estimate of drug-likeness (QED) is 0.161. The van der Waals surface area contributed by atoms with Crippen molar-refractivity contribution >= 4 is 93.6 Å². The van der Waals surface area contributed by atoms with E-state index in [4.69, 9.17) is 50.7 Å². The molecule has 20 rings (SSSR count). The van der Waals surface area contributed by atoms with E-state index in [1.807, 2.05) is 400 Å². The molecule has 14 aromatic carbocycles. The van der Waals surface area contributed by atoms with Gasteiger partial charge in [-0.25, -0.2) is 0 Å². The molecule has 0 N–H and O–H groups in total. The number of rotatable bonds is 4. The molecule has 0 amide bonds. The zero-order chi connectivity index (χ0) is 111. The van der Waals surface area contributed by atoms with E-state index in [9.17, 15) is 0 Å². The van der Waals surface area contributed by atoms with E-state index in [0.717, 1.165) is 76.0 Å². The summed E-state index contributed by atoms with van der Waals surface area (Å²) in [5.74, 6) is 12.4. The van der Waals surface area contributed by atoms with Crippen LogP contribution in [0.1, 0.15) is 324 Å².